The summed E-state index contributed by atoms with van der Waals surface area (Å²) in [6.45, 7) is -0.0353. The smallest absolute Gasteiger partial charge is 0.263 e. The van der Waals surface area contributed by atoms with Crippen LogP contribution in [0.15, 0.2) is 57.3 Å². The Bertz CT molecular complexity index is 1260. The van der Waals surface area contributed by atoms with Gasteiger partial charge in [-0.2, -0.15) is 10.1 Å². The summed E-state index contributed by atoms with van der Waals surface area (Å²) >= 11 is 0. The normalized spacial score (nSPS) is 19.4. The summed E-state index contributed by atoms with van der Waals surface area (Å²) in [5, 5.41) is 13.2. The number of imide groups is 1. The first-order valence-corrected chi connectivity index (χ1v) is 9.86. The van der Waals surface area contributed by atoms with Crippen molar-refractivity contribution in [1.29, 1.82) is 0 Å². The first-order valence-electron chi connectivity index (χ1n) is 9.86. The molecule has 5 rings (SSSR count). The van der Waals surface area contributed by atoms with Crippen molar-refractivity contribution < 1.29 is 28.0 Å². The maximum Gasteiger partial charge on any atom is 0.263 e. The summed E-state index contributed by atoms with van der Waals surface area (Å²) in [6, 6.07) is 8.29. The molecule has 1 saturated heterocycles. The molecule has 168 valence electrons. The summed E-state index contributed by atoms with van der Waals surface area (Å²) < 4.78 is 29.1. The number of carbonyl (C=O) groups excluding carboxylic acids is 2. The van der Waals surface area contributed by atoms with E-state index in [4.69, 9.17) is 14.0 Å². The standard InChI is InChI=1S/C21H17FN6O5/c1-31-13-7-8-14(15(9-13)32-2)19-23-16(33-25-19)10-27-18-17(24-26-27)20(29)28(21(18)30)12-5-3-11(22)4-6-12/h3-9,17-18H,10H2,1-2H3/t17-,18+/m1/s1. The maximum atomic E-state index is 13.2. The van der Waals surface area contributed by atoms with E-state index >= 15 is 0 Å². The van der Waals surface area contributed by atoms with Crippen molar-refractivity contribution in [3.63, 3.8) is 0 Å². The SMILES string of the molecule is COc1ccc(-c2noc(CN3N=N[C@H]4C(=O)N(c5ccc(F)cc5)C(=O)[C@H]43)n2)c(OC)c1. The summed E-state index contributed by atoms with van der Waals surface area (Å²) in [4.78, 5) is 31.1. The average molecular weight is 452 g/mol. The number of nitrogens with zero attached hydrogens (tertiary/aromatic N) is 6. The van der Waals surface area contributed by atoms with Crippen LogP contribution in [0.25, 0.3) is 11.4 Å². The number of benzene rings is 2. The van der Waals surface area contributed by atoms with Gasteiger partial charge in [-0.15, -0.1) is 0 Å². The number of aromatic nitrogens is 2. The van der Waals surface area contributed by atoms with Crippen LogP contribution in [0, 0.1) is 5.82 Å². The summed E-state index contributed by atoms with van der Waals surface area (Å²) in [7, 11) is 3.06. The topological polar surface area (TPSA) is 123 Å². The van der Waals surface area contributed by atoms with Gasteiger partial charge in [0.15, 0.2) is 12.1 Å². The molecular weight excluding hydrogens is 435 g/mol. The lowest BCUT2D eigenvalue weighted by Gasteiger charge is -2.19. The van der Waals surface area contributed by atoms with Gasteiger partial charge in [0.2, 0.25) is 11.7 Å². The Hall–Kier alpha value is -4.35. The third-order valence-electron chi connectivity index (χ3n) is 5.36. The molecule has 0 bridgehead atoms. The van der Waals surface area contributed by atoms with Crippen molar-refractivity contribution in [2.24, 2.45) is 10.3 Å². The van der Waals surface area contributed by atoms with E-state index < -0.39 is 29.7 Å². The zero-order valence-corrected chi connectivity index (χ0v) is 17.5. The molecule has 11 nitrogen and oxygen atoms in total. The Morgan fingerprint density at radius 2 is 1.85 bits per heavy atom. The number of rotatable bonds is 6. The Kier molecular flexibility index (Phi) is 4.96. The summed E-state index contributed by atoms with van der Waals surface area (Å²) in [5.74, 6) is 0.0317. The van der Waals surface area contributed by atoms with Crippen LogP contribution in [-0.2, 0) is 16.1 Å². The predicted octanol–water partition coefficient (Wildman–Crippen LogP) is 2.39. The zero-order valence-electron chi connectivity index (χ0n) is 17.5. The van der Waals surface area contributed by atoms with E-state index in [-0.39, 0.29) is 23.9 Å². The highest BCUT2D eigenvalue weighted by molar-refractivity contribution is 6.25. The number of hydrogen-bond donors (Lipinski definition) is 0. The second-order valence-corrected chi connectivity index (χ2v) is 7.26. The second kappa shape index (κ2) is 7.97. The fraction of sp³-hybridized carbons (Fsp3) is 0.238. The van der Waals surface area contributed by atoms with Gasteiger partial charge in [-0.3, -0.25) is 14.6 Å². The third-order valence-corrected chi connectivity index (χ3v) is 5.36. The van der Waals surface area contributed by atoms with Gasteiger partial charge >= 0.3 is 0 Å². The first-order chi connectivity index (χ1) is 16.0. The van der Waals surface area contributed by atoms with Crippen molar-refractivity contribution in [3.8, 4) is 22.9 Å². The van der Waals surface area contributed by atoms with E-state index in [1.54, 1.807) is 25.3 Å². The number of carbonyl (C=O) groups is 2. The van der Waals surface area contributed by atoms with Gasteiger partial charge < -0.3 is 14.0 Å². The van der Waals surface area contributed by atoms with Gasteiger partial charge in [0, 0.05) is 6.07 Å². The predicted molar refractivity (Wildman–Crippen MR) is 110 cm³/mol. The molecule has 2 aromatic carbocycles. The summed E-state index contributed by atoms with van der Waals surface area (Å²) in [6.07, 6.45) is 0. The number of hydrogen-bond acceptors (Lipinski definition) is 10. The van der Waals surface area contributed by atoms with Crippen molar-refractivity contribution in [3.05, 3.63) is 54.2 Å². The van der Waals surface area contributed by atoms with Crippen LogP contribution in [0.4, 0.5) is 10.1 Å². The molecule has 2 atom stereocenters. The highest BCUT2D eigenvalue weighted by atomic mass is 19.1. The van der Waals surface area contributed by atoms with Crippen LogP contribution < -0.4 is 14.4 Å². The lowest BCUT2D eigenvalue weighted by Crippen LogP contribution is -2.39. The lowest BCUT2D eigenvalue weighted by atomic mass is 10.1. The zero-order chi connectivity index (χ0) is 23.1. The second-order valence-electron chi connectivity index (χ2n) is 7.26. The van der Waals surface area contributed by atoms with Crippen LogP contribution in [-0.4, -0.2) is 53.3 Å². The molecular formula is C21H17FN6O5. The van der Waals surface area contributed by atoms with Crippen LogP contribution >= 0.6 is 0 Å². The van der Waals surface area contributed by atoms with Gasteiger partial charge in [0.1, 0.15) is 23.9 Å². The molecule has 0 spiro atoms. The Labute approximate surface area is 186 Å². The van der Waals surface area contributed by atoms with Crippen molar-refractivity contribution >= 4 is 17.5 Å². The van der Waals surface area contributed by atoms with Gasteiger partial charge in [-0.1, -0.05) is 10.4 Å². The highest BCUT2D eigenvalue weighted by Crippen LogP contribution is 2.34. The van der Waals surface area contributed by atoms with Crippen LogP contribution in [0.2, 0.25) is 0 Å². The molecule has 2 amide bonds. The molecule has 3 aromatic rings. The molecule has 0 N–H and O–H groups in total. The molecule has 2 aliphatic rings. The minimum atomic E-state index is -0.994. The Morgan fingerprint density at radius 1 is 1.06 bits per heavy atom. The average Bonchev–Trinajstić information content (AvgIpc) is 3.52. The minimum Gasteiger partial charge on any atom is -0.497 e. The molecule has 0 saturated carbocycles. The van der Waals surface area contributed by atoms with Gasteiger partial charge in [0.25, 0.3) is 11.8 Å². The fourth-order valence-corrected chi connectivity index (χ4v) is 3.75. The van der Waals surface area contributed by atoms with E-state index in [1.807, 2.05) is 0 Å². The van der Waals surface area contributed by atoms with E-state index in [2.05, 4.69) is 20.5 Å². The van der Waals surface area contributed by atoms with E-state index in [1.165, 1.54) is 36.4 Å². The largest absolute Gasteiger partial charge is 0.497 e. The molecule has 0 radical (unpaired) electrons. The summed E-state index contributed by atoms with van der Waals surface area (Å²) in [5.41, 5.74) is 0.853. The molecule has 1 aromatic heterocycles. The van der Waals surface area contributed by atoms with Crippen LogP contribution in [0.5, 0.6) is 11.5 Å². The minimum absolute atomic E-state index is 0.0353. The number of amides is 2. The highest BCUT2D eigenvalue weighted by Gasteiger charge is 2.55. The molecule has 1 fully saturated rings. The van der Waals surface area contributed by atoms with Crippen molar-refractivity contribution in [1.82, 2.24) is 15.1 Å². The van der Waals surface area contributed by atoms with Gasteiger partial charge in [-0.05, 0) is 36.4 Å². The van der Waals surface area contributed by atoms with E-state index in [0.29, 0.717) is 17.1 Å². The maximum absolute atomic E-state index is 13.2. The number of methoxy groups -OCH3 is 2. The van der Waals surface area contributed by atoms with Gasteiger partial charge in [0.05, 0.1) is 25.5 Å². The Morgan fingerprint density at radius 3 is 2.58 bits per heavy atom. The van der Waals surface area contributed by atoms with Gasteiger partial charge in [-0.25, -0.2) is 9.29 Å². The molecule has 2 aliphatic heterocycles. The van der Waals surface area contributed by atoms with Crippen LogP contribution in [0.3, 0.4) is 0 Å². The molecule has 0 unspecified atom stereocenters. The first kappa shape index (κ1) is 20.5. The number of ether oxygens (including phenoxy) is 2. The number of anilines is 1. The number of halogens is 1. The fourth-order valence-electron chi connectivity index (χ4n) is 3.75. The lowest BCUT2D eigenvalue weighted by molar-refractivity contribution is -0.123. The number of fused-ring (bicyclic) bond motifs is 1. The van der Waals surface area contributed by atoms with E-state index in [0.717, 1.165) is 4.90 Å². The molecule has 33 heavy (non-hydrogen) atoms. The van der Waals surface area contributed by atoms with Crippen molar-refractivity contribution in [2.45, 2.75) is 18.6 Å². The third kappa shape index (κ3) is 3.45. The molecule has 3 heterocycles. The molecule has 0 aliphatic carbocycles. The van der Waals surface area contributed by atoms with Crippen molar-refractivity contribution in [2.75, 3.05) is 19.1 Å². The quantitative estimate of drug-likeness (QED) is 0.523. The van der Waals surface area contributed by atoms with E-state index in [9.17, 15) is 14.0 Å². The molecule has 12 heteroatoms. The Balaban J connectivity index is 1.36. The monoisotopic (exact) mass is 452 g/mol. The van der Waals surface area contributed by atoms with Crippen LogP contribution in [0.1, 0.15) is 5.89 Å².